The lowest BCUT2D eigenvalue weighted by molar-refractivity contribution is -0.144. The van der Waals surface area contributed by atoms with Crippen LogP contribution < -0.4 is 11.1 Å². The number of anilines is 3. The highest BCUT2D eigenvalue weighted by molar-refractivity contribution is 5.60. The SMILES string of the molecule is Cc1ccc(Nc2cc(N)nc(C(F)(F)F)n2)cc1C. The number of nitrogens with two attached hydrogens (primary N) is 1. The number of aryl methyl sites for hydroxylation is 2. The molecule has 0 aliphatic heterocycles. The van der Waals surface area contributed by atoms with E-state index in [1.165, 1.54) is 6.07 Å². The van der Waals surface area contributed by atoms with E-state index < -0.39 is 12.0 Å². The van der Waals surface area contributed by atoms with E-state index in [-0.39, 0.29) is 11.6 Å². The van der Waals surface area contributed by atoms with Crippen molar-refractivity contribution < 1.29 is 13.2 Å². The molecule has 106 valence electrons. The summed E-state index contributed by atoms with van der Waals surface area (Å²) >= 11 is 0. The van der Waals surface area contributed by atoms with Crippen LogP contribution in [0.5, 0.6) is 0 Å². The van der Waals surface area contributed by atoms with Crippen molar-refractivity contribution in [2.24, 2.45) is 0 Å². The minimum absolute atomic E-state index is 0.00748. The van der Waals surface area contributed by atoms with Crippen molar-refractivity contribution in [2.45, 2.75) is 20.0 Å². The zero-order chi connectivity index (χ0) is 14.9. The number of hydrogen-bond acceptors (Lipinski definition) is 4. The normalized spacial score (nSPS) is 11.4. The second-order valence-electron chi connectivity index (χ2n) is 4.42. The Bertz CT molecular complexity index is 638. The van der Waals surface area contributed by atoms with Crippen LogP contribution in [-0.2, 0) is 6.18 Å². The van der Waals surface area contributed by atoms with Gasteiger partial charge in [0.25, 0.3) is 0 Å². The molecule has 1 heterocycles. The van der Waals surface area contributed by atoms with Crippen molar-refractivity contribution in [3.63, 3.8) is 0 Å². The fraction of sp³-hybridized carbons (Fsp3) is 0.231. The van der Waals surface area contributed by atoms with Gasteiger partial charge in [0.2, 0.25) is 5.82 Å². The minimum atomic E-state index is -4.63. The van der Waals surface area contributed by atoms with Crippen molar-refractivity contribution in [3.05, 3.63) is 41.2 Å². The van der Waals surface area contributed by atoms with Gasteiger partial charge in [-0.25, -0.2) is 9.97 Å². The molecule has 20 heavy (non-hydrogen) atoms. The number of rotatable bonds is 2. The van der Waals surface area contributed by atoms with Crippen molar-refractivity contribution in [1.29, 1.82) is 0 Å². The van der Waals surface area contributed by atoms with Crippen LogP contribution in [0.3, 0.4) is 0 Å². The van der Waals surface area contributed by atoms with Crippen LogP contribution in [0.25, 0.3) is 0 Å². The fourth-order valence-electron chi connectivity index (χ4n) is 1.62. The number of nitrogen functional groups attached to an aromatic ring is 1. The highest BCUT2D eigenvalue weighted by atomic mass is 19.4. The lowest BCUT2D eigenvalue weighted by atomic mass is 10.1. The Labute approximate surface area is 113 Å². The monoisotopic (exact) mass is 282 g/mol. The quantitative estimate of drug-likeness (QED) is 0.885. The van der Waals surface area contributed by atoms with E-state index in [4.69, 9.17) is 5.73 Å². The van der Waals surface area contributed by atoms with E-state index in [0.29, 0.717) is 5.69 Å². The predicted molar refractivity (Wildman–Crippen MR) is 70.6 cm³/mol. The van der Waals surface area contributed by atoms with Crippen LogP contribution in [0.4, 0.5) is 30.5 Å². The number of benzene rings is 1. The van der Waals surface area contributed by atoms with Gasteiger partial charge in [-0.2, -0.15) is 13.2 Å². The van der Waals surface area contributed by atoms with Crippen LogP contribution in [0.2, 0.25) is 0 Å². The number of nitrogens with zero attached hydrogens (tertiary/aromatic N) is 2. The molecule has 2 aromatic rings. The van der Waals surface area contributed by atoms with Crippen LogP contribution in [0, 0.1) is 13.8 Å². The van der Waals surface area contributed by atoms with Crippen LogP contribution in [0.1, 0.15) is 17.0 Å². The largest absolute Gasteiger partial charge is 0.451 e. The Morgan fingerprint density at radius 2 is 1.75 bits per heavy atom. The Kier molecular flexibility index (Phi) is 3.52. The van der Waals surface area contributed by atoms with E-state index >= 15 is 0 Å². The van der Waals surface area contributed by atoms with Crippen molar-refractivity contribution in [1.82, 2.24) is 9.97 Å². The van der Waals surface area contributed by atoms with E-state index in [1.54, 1.807) is 6.07 Å². The van der Waals surface area contributed by atoms with Crippen LogP contribution in [-0.4, -0.2) is 9.97 Å². The molecule has 0 spiro atoms. The summed E-state index contributed by atoms with van der Waals surface area (Å²) in [6.45, 7) is 3.86. The van der Waals surface area contributed by atoms with Crippen LogP contribution >= 0.6 is 0 Å². The standard InChI is InChI=1S/C13H13F3N4/c1-7-3-4-9(5-8(7)2)18-11-6-10(17)19-12(20-11)13(14,15)16/h3-6H,1-2H3,(H3,17,18,19,20). The summed E-state index contributed by atoms with van der Waals surface area (Å²) < 4.78 is 37.8. The molecule has 4 nitrogen and oxygen atoms in total. The first-order valence-corrected chi connectivity index (χ1v) is 5.82. The topological polar surface area (TPSA) is 63.8 Å². The van der Waals surface area contributed by atoms with Crippen molar-refractivity contribution >= 4 is 17.3 Å². The third kappa shape index (κ3) is 3.17. The predicted octanol–water partition coefficient (Wildman–Crippen LogP) is 3.44. The Morgan fingerprint density at radius 1 is 1.05 bits per heavy atom. The number of halogens is 3. The molecule has 0 aliphatic rings. The molecule has 0 saturated heterocycles. The van der Waals surface area contributed by atoms with Gasteiger partial charge >= 0.3 is 6.18 Å². The molecule has 0 radical (unpaired) electrons. The summed E-state index contributed by atoms with van der Waals surface area (Å²) in [5.74, 6) is -1.49. The third-order valence-electron chi connectivity index (χ3n) is 2.78. The van der Waals surface area contributed by atoms with Gasteiger partial charge in [0, 0.05) is 11.8 Å². The molecule has 0 saturated carbocycles. The van der Waals surface area contributed by atoms with E-state index in [2.05, 4.69) is 15.3 Å². The molecular formula is C13H13F3N4. The number of aromatic nitrogens is 2. The first kappa shape index (κ1) is 14.1. The van der Waals surface area contributed by atoms with Crippen LogP contribution in [0.15, 0.2) is 24.3 Å². The van der Waals surface area contributed by atoms with Gasteiger partial charge in [-0.15, -0.1) is 0 Å². The molecule has 0 aliphatic carbocycles. The molecule has 0 bridgehead atoms. The lowest BCUT2D eigenvalue weighted by Gasteiger charge is -2.11. The van der Waals surface area contributed by atoms with Gasteiger partial charge in [0.05, 0.1) is 0 Å². The van der Waals surface area contributed by atoms with Gasteiger partial charge in [-0.3, -0.25) is 0 Å². The number of hydrogen-bond donors (Lipinski definition) is 2. The maximum atomic E-state index is 12.6. The zero-order valence-electron chi connectivity index (χ0n) is 10.9. The third-order valence-corrected chi connectivity index (χ3v) is 2.78. The second-order valence-corrected chi connectivity index (χ2v) is 4.42. The lowest BCUT2D eigenvalue weighted by Crippen LogP contribution is -2.13. The highest BCUT2D eigenvalue weighted by Crippen LogP contribution is 2.28. The second kappa shape index (κ2) is 4.99. The Morgan fingerprint density at radius 3 is 2.35 bits per heavy atom. The zero-order valence-corrected chi connectivity index (χ0v) is 10.9. The molecule has 0 atom stereocenters. The molecular weight excluding hydrogens is 269 g/mol. The molecule has 3 N–H and O–H groups in total. The molecule has 2 rings (SSSR count). The molecule has 0 fully saturated rings. The van der Waals surface area contributed by atoms with E-state index in [1.807, 2.05) is 26.0 Å². The van der Waals surface area contributed by atoms with Gasteiger partial charge in [0.1, 0.15) is 11.6 Å². The van der Waals surface area contributed by atoms with Crippen molar-refractivity contribution in [2.75, 3.05) is 11.1 Å². The first-order valence-electron chi connectivity index (χ1n) is 5.82. The Hall–Kier alpha value is -2.31. The van der Waals surface area contributed by atoms with Crippen molar-refractivity contribution in [3.8, 4) is 0 Å². The highest BCUT2D eigenvalue weighted by Gasteiger charge is 2.35. The summed E-state index contributed by atoms with van der Waals surface area (Å²) in [7, 11) is 0. The summed E-state index contributed by atoms with van der Waals surface area (Å²) in [4.78, 5) is 6.61. The smallest absolute Gasteiger partial charge is 0.384 e. The molecule has 1 aromatic carbocycles. The molecule has 7 heteroatoms. The fourth-order valence-corrected chi connectivity index (χ4v) is 1.62. The maximum Gasteiger partial charge on any atom is 0.451 e. The maximum absolute atomic E-state index is 12.6. The van der Waals surface area contributed by atoms with Gasteiger partial charge < -0.3 is 11.1 Å². The number of alkyl halides is 3. The average molecular weight is 282 g/mol. The summed E-state index contributed by atoms with van der Waals surface area (Å²) in [5, 5.41) is 2.79. The molecule has 0 amide bonds. The van der Waals surface area contributed by atoms with E-state index in [9.17, 15) is 13.2 Å². The van der Waals surface area contributed by atoms with Gasteiger partial charge in [-0.05, 0) is 37.1 Å². The summed E-state index contributed by atoms with van der Waals surface area (Å²) in [6.07, 6.45) is -4.63. The van der Waals surface area contributed by atoms with Gasteiger partial charge in [0.15, 0.2) is 0 Å². The first-order chi connectivity index (χ1) is 9.25. The average Bonchev–Trinajstić information content (AvgIpc) is 2.32. The Balaban J connectivity index is 2.33. The summed E-state index contributed by atoms with van der Waals surface area (Å²) in [6, 6.07) is 6.70. The summed E-state index contributed by atoms with van der Waals surface area (Å²) in [5.41, 5.74) is 8.12. The van der Waals surface area contributed by atoms with E-state index in [0.717, 1.165) is 11.1 Å². The van der Waals surface area contributed by atoms with Gasteiger partial charge in [-0.1, -0.05) is 6.07 Å². The minimum Gasteiger partial charge on any atom is -0.384 e. The molecule has 0 unspecified atom stereocenters. The number of nitrogens with one attached hydrogen (secondary N) is 1. The molecule has 1 aromatic heterocycles.